The molecule has 2 fully saturated rings. The number of ether oxygens (including phenoxy) is 1. The zero-order valence-corrected chi connectivity index (χ0v) is 11.5. The predicted octanol–water partition coefficient (Wildman–Crippen LogP) is -0.508. The van der Waals surface area contributed by atoms with E-state index in [1.165, 1.54) is 0 Å². The van der Waals surface area contributed by atoms with E-state index in [1.807, 2.05) is 6.92 Å². The molecule has 0 aliphatic carbocycles. The monoisotopic (exact) mass is 269 g/mol. The van der Waals surface area contributed by atoms with E-state index in [4.69, 9.17) is 4.74 Å². The zero-order chi connectivity index (χ0) is 13.7. The SMILES string of the molecule is CC1CC(NC(=O)C(=O)N2CCCNCC2)CCO1. The van der Waals surface area contributed by atoms with Crippen molar-refractivity contribution in [2.24, 2.45) is 0 Å². The van der Waals surface area contributed by atoms with Gasteiger partial charge in [-0.2, -0.15) is 0 Å². The van der Waals surface area contributed by atoms with Crippen LogP contribution < -0.4 is 10.6 Å². The molecule has 0 radical (unpaired) electrons. The minimum atomic E-state index is -0.471. The molecule has 2 rings (SSSR count). The average molecular weight is 269 g/mol. The van der Waals surface area contributed by atoms with Crippen LogP contribution in [0.5, 0.6) is 0 Å². The van der Waals surface area contributed by atoms with Gasteiger partial charge in [0.05, 0.1) is 6.10 Å². The standard InChI is InChI=1S/C13H23N3O3/c1-10-9-11(3-8-19-10)15-12(17)13(18)16-6-2-4-14-5-7-16/h10-11,14H,2-9H2,1H3,(H,15,17). The summed E-state index contributed by atoms with van der Waals surface area (Å²) in [5.74, 6) is -0.871. The predicted molar refractivity (Wildman–Crippen MR) is 70.6 cm³/mol. The Morgan fingerprint density at radius 3 is 2.95 bits per heavy atom. The number of rotatable bonds is 1. The molecule has 0 bridgehead atoms. The Labute approximate surface area is 113 Å². The minimum absolute atomic E-state index is 0.0605. The van der Waals surface area contributed by atoms with Crippen LogP contribution in [0.4, 0.5) is 0 Å². The quantitative estimate of drug-likeness (QED) is 0.629. The van der Waals surface area contributed by atoms with Gasteiger partial charge in [-0.15, -0.1) is 0 Å². The van der Waals surface area contributed by atoms with Crippen LogP contribution in [0.25, 0.3) is 0 Å². The Kier molecular flexibility index (Phi) is 5.15. The molecular weight excluding hydrogens is 246 g/mol. The number of carbonyl (C=O) groups is 2. The van der Waals surface area contributed by atoms with Crippen molar-refractivity contribution in [1.29, 1.82) is 0 Å². The summed E-state index contributed by atoms with van der Waals surface area (Å²) < 4.78 is 5.43. The van der Waals surface area contributed by atoms with Crippen LogP contribution in [-0.2, 0) is 14.3 Å². The third-order valence-corrected chi connectivity index (χ3v) is 3.64. The summed E-state index contributed by atoms with van der Waals surface area (Å²) in [5.41, 5.74) is 0. The molecule has 0 aromatic heterocycles. The first-order chi connectivity index (χ1) is 9.16. The van der Waals surface area contributed by atoms with E-state index in [9.17, 15) is 9.59 Å². The van der Waals surface area contributed by atoms with E-state index < -0.39 is 11.8 Å². The molecule has 2 N–H and O–H groups in total. The summed E-state index contributed by atoms with van der Waals surface area (Å²) in [7, 11) is 0. The topological polar surface area (TPSA) is 70.7 Å². The van der Waals surface area contributed by atoms with Crippen LogP contribution in [0.1, 0.15) is 26.2 Å². The summed E-state index contributed by atoms with van der Waals surface area (Å²) in [5, 5.41) is 6.05. The van der Waals surface area contributed by atoms with Gasteiger partial charge in [-0.05, 0) is 32.7 Å². The zero-order valence-electron chi connectivity index (χ0n) is 11.5. The molecule has 0 aromatic carbocycles. The van der Waals surface area contributed by atoms with Gasteiger partial charge in [0.25, 0.3) is 0 Å². The van der Waals surface area contributed by atoms with Gasteiger partial charge in [-0.3, -0.25) is 9.59 Å². The number of amides is 2. The fraction of sp³-hybridized carbons (Fsp3) is 0.846. The summed E-state index contributed by atoms with van der Waals surface area (Å²) in [4.78, 5) is 25.7. The molecule has 2 aliphatic heterocycles. The van der Waals surface area contributed by atoms with Crippen molar-refractivity contribution in [1.82, 2.24) is 15.5 Å². The second kappa shape index (κ2) is 6.86. The molecule has 6 nitrogen and oxygen atoms in total. The highest BCUT2D eigenvalue weighted by atomic mass is 16.5. The molecule has 2 saturated heterocycles. The molecule has 0 spiro atoms. The molecule has 2 amide bonds. The van der Waals surface area contributed by atoms with Crippen molar-refractivity contribution < 1.29 is 14.3 Å². The van der Waals surface area contributed by atoms with Crippen LogP contribution in [-0.4, -0.2) is 61.6 Å². The molecular formula is C13H23N3O3. The third kappa shape index (κ3) is 4.18. The molecule has 108 valence electrons. The maximum Gasteiger partial charge on any atom is 0.311 e. The van der Waals surface area contributed by atoms with Crippen LogP contribution in [0.15, 0.2) is 0 Å². The molecule has 2 heterocycles. The van der Waals surface area contributed by atoms with Gasteiger partial charge in [0.15, 0.2) is 0 Å². The number of carbonyl (C=O) groups excluding carboxylic acids is 2. The lowest BCUT2D eigenvalue weighted by Gasteiger charge is -2.28. The lowest BCUT2D eigenvalue weighted by Crippen LogP contribution is -2.49. The van der Waals surface area contributed by atoms with Crippen LogP contribution in [0, 0.1) is 0 Å². The smallest absolute Gasteiger partial charge is 0.311 e. The fourth-order valence-electron chi connectivity index (χ4n) is 2.57. The first-order valence-corrected chi connectivity index (χ1v) is 7.09. The molecule has 2 atom stereocenters. The van der Waals surface area contributed by atoms with Gasteiger partial charge >= 0.3 is 11.8 Å². The van der Waals surface area contributed by atoms with Crippen LogP contribution >= 0.6 is 0 Å². The summed E-state index contributed by atoms with van der Waals surface area (Å²) in [6.45, 7) is 5.56. The van der Waals surface area contributed by atoms with Crippen molar-refractivity contribution in [3.63, 3.8) is 0 Å². The summed E-state index contributed by atoms with van der Waals surface area (Å²) in [6, 6.07) is 0.0605. The highest BCUT2D eigenvalue weighted by Crippen LogP contribution is 2.13. The highest BCUT2D eigenvalue weighted by Gasteiger charge is 2.27. The van der Waals surface area contributed by atoms with Crippen LogP contribution in [0.3, 0.4) is 0 Å². The molecule has 6 heteroatoms. The van der Waals surface area contributed by atoms with Gasteiger partial charge in [-0.25, -0.2) is 0 Å². The fourth-order valence-corrected chi connectivity index (χ4v) is 2.57. The van der Waals surface area contributed by atoms with Crippen molar-refractivity contribution in [2.45, 2.75) is 38.3 Å². The maximum atomic E-state index is 12.1. The van der Waals surface area contributed by atoms with Crippen molar-refractivity contribution in [3.8, 4) is 0 Å². The van der Waals surface area contributed by atoms with E-state index in [0.717, 1.165) is 32.4 Å². The Hall–Kier alpha value is -1.14. The van der Waals surface area contributed by atoms with Crippen molar-refractivity contribution in [3.05, 3.63) is 0 Å². The second-order valence-corrected chi connectivity index (χ2v) is 5.27. The van der Waals surface area contributed by atoms with Gasteiger partial charge in [-0.1, -0.05) is 0 Å². The minimum Gasteiger partial charge on any atom is -0.378 e. The van der Waals surface area contributed by atoms with E-state index in [2.05, 4.69) is 10.6 Å². The molecule has 19 heavy (non-hydrogen) atoms. The Morgan fingerprint density at radius 2 is 2.16 bits per heavy atom. The third-order valence-electron chi connectivity index (χ3n) is 3.64. The van der Waals surface area contributed by atoms with Crippen LogP contribution in [0.2, 0.25) is 0 Å². The number of hydrogen-bond donors (Lipinski definition) is 2. The Bertz CT molecular complexity index is 327. The lowest BCUT2D eigenvalue weighted by atomic mass is 10.0. The number of hydrogen-bond acceptors (Lipinski definition) is 4. The van der Waals surface area contributed by atoms with Crippen molar-refractivity contribution in [2.75, 3.05) is 32.8 Å². The highest BCUT2D eigenvalue weighted by molar-refractivity contribution is 6.35. The first kappa shape index (κ1) is 14.3. The molecule has 0 aromatic rings. The lowest BCUT2D eigenvalue weighted by molar-refractivity contribution is -0.146. The number of nitrogens with one attached hydrogen (secondary N) is 2. The van der Waals surface area contributed by atoms with Gasteiger partial charge in [0.2, 0.25) is 0 Å². The molecule has 0 saturated carbocycles. The largest absolute Gasteiger partial charge is 0.378 e. The normalized spacial score (nSPS) is 28.6. The van der Waals surface area contributed by atoms with E-state index >= 15 is 0 Å². The molecule has 2 unspecified atom stereocenters. The summed E-state index contributed by atoms with van der Waals surface area (Å²) >= 11 is 0. The number of nitrogens with zero attached hydrogens (tertiary/aromatic N) is 1. The van der Waals surface area contributed by atoms with E-state index in [0.29, 0.717) is 19.7 Å². The first-order valence-electron chi connectivity index (χ1n) is 7.09. The second-order valence-electron chi connectivity index (χ2n) is 5.27. The molecule has 2 aliphatic rings. The van der Waals surface area contributed by atoms with E-state index in [1.54, 1.807) is 4.90 Å². The average Bonchev–Trinajstić information content (AvgIpc) is 2.66. The maximum absolute atomic E-state index is 12.1. The summed E-state index contributed by atoms with van der Waals surface area (Å²) in [6.07, 6.45) is 2.61. The Morgan fingerprint density at radius 1 is 1.32 bits per heavy atom. The van der Waals surface area contributed by atoms with Gasteiger partial charge < -0.3 is 20.3 Å². The Balaban J connectivity index is 1.82. The van der Waals surface area contributed by atoms with Gasteiger partial charge in [0, 0.05) is 32.3 Å². The van der Waals surface area contributed by atoms with Crippen molar-refractivity contribution >= 4 is 11.8 Å². The van der Waals surface area contributed by atoms with E-state index in [-0.39, 0.29) is 12.1 Å². The van der Waals surface area contributed by atoms with Gasteiger partial charge in [0.1, 0.15) is 0 Å².